The molecule has 0 amide bonds. The molecular formula is C14H16N2O3. The summed E-state index contributed by atoms with van der Waals surface area (Å²) in [5, 5.41) is 12.3. The highest BCUT2D eigenvalue weighted by Crippen LogP contribution is 2.37. The Morgan fingerprint density at radius 2 is 2.26 bits per heavy atom. The summed E-state index contributed by atoms with van der Waals surface area (Å²) in [5.41, 5.74) is -0.443. The third-order valence-electron chi connectivity index (χ3n) is 3.81. The molecule has 5 heteroatoms. The number of hydrogen-bond acceptors (Lipinski definition) is 5. The maximum Gasteiger partial charge on any atom is 0.231 e. The van der Waals surface area contributed by atoms with Crippen LogP contribution >= 0.6 is 0 Å². The van der Waals surface area contributed by atoms with Gasteiger partial charge in [-0.2, -0.15) is 5.26 Å². The first-order chi connectivity index (χ1) is 9.24. The molecule has 2 aliphatic rings. The number of hydrogen-bond donors (Lipinski definition) is 1. The molecule has 1 fully saturated rings. The van der Waals surface area contributed by atoms with Crippen LogP contribution in [-0.2, 0) is 0 Å². The monoisotopic (exact) mass is 260 g/mol. The van der Waals surface area contributed by atoms with E-state index in [1.807, 2.05) is 25.2 Å². The lowest BCUT2D eigenvalue weighted by Crippen LogP contribution is -2.39. The number of rotatable bonds is 3. The molecule has 1 aromatic carbocycles. The fourth-order valence-corrected chi connectivity index (χ4v) is 2.63. The third kappa shape index (κ3) is 2.20. The van der Waals surface area contributed by atoms with Crippen LogP contribution in [0.5, 0.6) is 17.2 Å². The Morgan fingerprint density at radius 3 is 3.00 bits per heavy atom. The maximum atomic E-state index is 9.22. The van der Waals surface area contributed by atoms with Gasteiger partial charge < -0.3 is 19.5 Å². The Balaban J connectivity index is 1.68. The highest BCUT2D eigenvalue weighted by molar-refractivity contribution is 5.47. The minimum absolute atomic E-state index is 0.0625. The zero-order valence-electron chi connectivity index (χ0n) is 10.8. The van der Waals surface area contributed by atoms with E-state index in [9.17, 15) is 5.26 Å². The van der Waals surface area contributed by atoms with Gasteiger partial charge in [0.05, 0.1) is 6.07 Å². The van der Waals surface area contributed by atoms with E-state index in [2.05, 4.69) is 11.4 Å². The summed E-state index contributed by atoms with van der Waals surface area (Å²) in [5.74, 6) is 2.23. The third-order valence-corrected chi connectivity index (χ3v) is 3.81. The predicted octanol–water partition coefficient (Wildman–Crippen LogP) is 1.83. The van der Waals surface area contributed by atoms with E-state index >= 15 is 0 Å². The van der Waals surface area contributed by atoms with E-state index in [4.69, 9.17) is 14.2 Å². The van der Waals surface area contributed by atoms with Crippen molar-refractivity contribution in [1.82, 2.24) is 5.32 Å². The molecule has 1 aromatic rings. The second kappa shape index (κ2) is 4.63. The van der Waals surface area contributed by atoms with Crippen LogP contribution in [0.1, 0.15) is 19.3 Å². The molecule has 1 aliphatic heterocycles. The SMILES string of the molecule is CNC1(C#N)CCC(Oc2ccc3c(c2)OCO3)C1. The average molecular weight is 260 g/mol. The van der Waals surface area contributed by atoms with Crippen LogP contribution in [-0.4, -0.2) is 25.5 Å². The van der Waals surface area contributed by atoms with Gasteiger partial charge in [-0.3, -0.25) is 0 Å². The summed E-state index contributed by atoms with van der Waals surface area (Å²) in [4.78, 5) is 0. The van der Waals surface area contributed by atoms with Crippen LogP contribution in [0.15, 0.2) is 18.2 Å². The van der Waals surface area contributed by atoms with Crippen molar-refractivity contribution in [2.45, 2.75) is 30.9 Å². The summed E-state index contributed by atoms with van der Waals surface area (Å²) >= 11 is 0. The molecule has 0 saturated heterocycles. The van der Waals surface area contributed by atoms with Gasteiger partial charge in [-0.25, -0.2) is 0 Å². The van der Waals surface area contributed by atoms with Crippen molar-refractivity contribution in [1.29, 1.82) is 5.26 Å². The molecule has 3 rings (SSSR count). The number of benzene rings is 1. The first kappa shape index (κ1) is 12.1. The molecule has 2 unspecified atom stereocenters. The van der Waals surface area contributed by atoms with Crippen molar-refractivity contribution in [2.24, 2.45) is 0 Å². The number of nitrogens with zero attached hydrogens (tertiary/aromatic N) is 1. The zero-order chi connectivity index (χ0) is 13.3. The largest absolute Gasteiger partial charge is 0.490 e. The van der Waals surface area contributed by atoms with Gasteiger partial charge in [0.15, 0.2) is 11.5 Å². The second-order valence-electron chi connectivity index (χ2n) is 4.94. The summed E-state index contributed by atoms with van der Waals surface area (Å²) in [6, 6.07) is 7.91. The van der Waals surface area contributed by atoms with E-state index in [1.165, 1.54) is 0 Å². The molecule has 0 bridgehead atoms. The highest BCUT2D eigenvalue weighted by Gasteiger charge is 2.39. The fourth-order valence-electron chi connectivity index (χ4n) is 2.63. The molecule has 100 valence electrons. The number of nitrogens with one attached hydrogen (secondary N) is 1. The molecule has 5 nitrogen and oxygen atoms in total. The summed E-state index contributed by atoms with van der Waals surface area (Å²) < 4.78 is 16.5. The van der Waals surface area contributed by atoms with Gasteiger partial charge in [-0.1, -0.05) is 0 Å². The van der Waals surface area contributed by atoms with Crippen LogP contribution < -0.4 is 19.5 Å². The lowest BCUT2D eigenvalue weighted by Gasteiger charge is -2.20. The van der Waals surface area contributed by atoms with Gasteiger partial charge in [0.25, 0.3) is 0 Å². The first-order valence-corrected chi connectivity index (χ1v) is 6.41. The van der Waals surface area contributed by atoms with Gasteiger partial charge in [0, 0.05) is 12.5 Å². The van der Waals surface area contributed by atoms with Crippen molar-refractivity contribution >= 4 is 0 Å². The standard InChI is InChI=1S/C14H16N2O3/c1-16-14(8-15)5-4-11(7-14)19-10-2-3-12-13(6-10)18-9-17-12/h2-3,6,11,16H,4-5,7,9H2,1H3. The van der Waals surface area contributed by atoms with E-state index < -0.39 is 5.54 Å². The van der Waals surface area contributed by atoms with Crippen LogP contribution in [0.2, 0.25) is 0 Å². The Morgan fingerprint density at radius 1 is 1.42 bits per heavy atom. The number of nitriles is 1. The molecule has 1 heterocycles. The number of fused-ring (bicyclic) bond motifs is 1. The Labute approximate surface area is 112 Å². The minimum Gasteiger partial charge on any atom is -0.490 e. The van der Waals surface area contributed by atoms with E-state index in [1.54, 1.807) is 0 Å². The quantitative estimate of drug-likeness (QED) is 0.898. The van der Waals surface area contributed by atoms with Crippen molar-refractivity contribution in [2.75, 3.05) is 13.8 Å². The van der Waals surface area contributed by atoms with Gasteiger partial charge in [0.1, 0.15) is 17.4 Å². The smallest absolute Gasteiger partial charge is 0.231 e. The predicted molar refractivity (Wildman–Crippen MR) is 68.2 cm³/mol. The van der Waals surface area contributed by atoms with Crippen LogP contribution in [0.4, 0.5) is 0 Å². The van der Waals surface area contributed by atoms with Gasteiger partial charge in [0.2, 0.25) is 6.79 Å². The molecule has 1 saturated carbocycles. The molecule has 2 atom stereocenters. The summed E-state index contributed by atoms with van der Waals surface area (Å²) in [6.45, 7) is 0.263. The zero-order valence-corrected chi connectivity index (χ0v) is 10.8. The molecule has 1 aliphatic carbocycles. The van der Waals surface area contributed by atoms with Crippen molar-refractivity contribution in [3.8, 4) is 23.3 Å². The van der Waals surface area contributed by atoms with Crippen molar-refractivity contribution in [3.63, 3.8) is 0 Å². The van der Waals surface area contributed by atoms with Gasteiger partial charge in [-0.15, -0.1) is 0 Å². The van der Waals surface area contributed by atoms with E-state index in [0.717, 1.165) is 30.1 Å². The maximum absolute atomic E-state index is 9.22. The molecule has 0 radical (unpaired) electrons. The van der Waals surface area contributed by atoms with E-state index in [0.29, 0.717) is 6.42 Å². The fraction of sp³-hybridized carbons (Fsp3) is 0.500. The topological polar surface area (TPSA) is 63.5 Å². The summed E-state index contributed by atoms with van der Waals surface area (Å²) in [6.07, 6.45) is 2.46. The molecular weight excluding hydrogens is 244 g/mol. The van der Waals surface area contributed by atoms with Gasteiger partial charge >= 0.3 is 0 Å². The lowest BCUT2D eigenvalue weighted by molar-refractivity contribution is 0.173. The lowest BCUT2D eigenvalue weighted by atomic mass is 10.0. The Bertz CT molecular complexity index is 526. The second-order valence-corrected chi connectivity index (χ2v) is 4.94. The number of ether oxygens (including phenoxy) is 3. The van der Waals surface area contributed by atoms with Gasteiger partial charge in [-0.05, 0) is 32.0 Å². The van der Waals surface area contributed by atoms with Crippen LogP contribution in [0, 0.1) is 11.3 Å². The minimum atomic E-state index is -0.443. The normalized spacial score (nSPS) is 28.1. The Kier molecular flexibility index (Phi) is 2.96. The molecule has 1 N–H and O–H groups in total. The molecule has 19 heavy (non-hydrogen) atoms. The van der Waals surface area contributed by atoms with Crippen LogP contribution in [0.25, 0.3) is 0 Å². The first-order valence-electron chi connectivity index (χ1n) is 6.41. The molecule has 0 spiro atoms. The van der Waals surface area contributed by atoms with Crippen LogP contribution in [0.3, 0.4) is 0 Å². The van der Waals surface area contributed by atoms with Crippen molar-refractivity contribution < 1.29 is 14.2 Å². The molecule has 0 aromatic heterocycles. The average Bonchev–Trinajstić information content (AvgIpc) is 3.05. The highest BCUT2D eigenvalue weighted by atomic mass is 16.7. The Hall–Kier alpha value is -1.93. The summed E-state index contributed by atoms with van der Waals surface area (Å²) in [7, 11) is 1.83. The van der Waals surface area contributed by atoms with E-state index in [-0.39, 0.29) is 12.9 Å². The van der Waals surface area contributed by atoms with Crippen molar-refractivity contribution in [3.05, 3.63) is 18.2 Å².